The molecule has 0 aliphatic carbocycles. The summed E-state index contributed by atoms with van der Waals surface area (Å²) in [7, 11) is 4.43. The normalized spacial score (nSPS) is 11.4. The number of hydrogen-bond acceptors (Lipinski definition) is 3. The number of esters is 1. The molecule has 4 nitrogen and oxygen atoms in total. The molecule has 0 heterocycles. The van der Waals surface area contributed by atoms with Crippen LogP contribution < -0.4 is 4.74 Å². The minimum atomic E-state index is -0.0881. The summed E-state index contributed by atoms with van der Waals surface area (Å²) < 4.78 is 12.3. The van der Waals surface area contributed by atoms with Crippen LogP contribution in [0.1, 0.15) is 102 Å². The van der Waals surface area contributed by atoms with Gasteiger partial charge < -0.3 is 14.0 Å². The van der Waals surface area contributed by atoms with E-state index in [2.05, 4.69) is 63.5 Å². The molecule has 0 unspecified atom stereocenters. The molecule has 0 N–H and O–H groups in total. The molecule has 2 rings (SSSR count). The number of hydrogen-bond donors (Lipinski definition) is 0. The van der Waals surface area contributed by atoms with Crippen LogP contribution in [0.2, 0.25) is 0 Å². The van der Waals surface area contributed by atoms with Crippen molar-refractivity contribution in [2.75, 3.05) is 33.9 Å². The second kappa shape index (κ2) is 19.7. The van der Waals surface area contributed by atoms with Crippen LogP contribution in [-0.4, -0.2) is 44.3 Å². The molecule has 0 fully saturated rings. The van der Waals surface area contributed by atoms with E-state index in [-0.39, 0.29) is 5.97 Å². The van der Waals surface area contributed by atoms with Gasteiger partial charge in [0.25, 0.3) is 0 Å². The maximum atomic E-state index is 12.1. The van der Waals surface area contributed by atoms with Gasteiger partial charge in [0, 0.05) is 12.0 Å². The third-order valence-electron chi connectivity index (χ3n) is 7.14. The first-order valence-corrected chi connectivity index (χ1v) is 15.2. The number of aryl methyl sites for hydroxylation is 1. The van der Waals surface area contributed by atoms with Crippen molar-refractivity contribution in [1.82, 2.24) is 0 Å². The molecule has 38 heavy (non-hydrogen) atoms. The lowest BCUT2D eigenvalue weighted by atomic mass is 10.0. The minimum absolute atomic E-state index is 0.0881. The number of unbranched alkanes of at least 4 members (excludes halogenated alkanes) is 9. The highest BCUT2D eigenvalue weighted by molar-refractivity contribution is 5.69. The van der Waals surface area contributed by atoms with E-state index in [1.807, 2.05) is 12.1 Å². The highest BCUT2D eigenvalue weighted by atomic mass is 16.5. The Balaban J connectivity index is 1.47. The first kappa shape index (κ1) is 31.9. The van der Waals surface area contributed by atoms with E-state index in [9.17, 15) is 4.79 Å². The number of rotatable bonds is 22. The average molecular weight is 525 g/mol. The van der Waals surface area contributed by atoms with Gasteiger partial charge in [-0.15, -0.1) is 0 Å². The molecule has 0 spiro atoms. The van der Waals surface area contributed by atoms with Crippen molar-refractivity contribution in [3.8, 4) is 5.75 Å². The fourth-order valence-electron chi connectivity index (χ4n) is 4.89. The summed E-state index contributed by atoms with van der Waals surface area (Å²) in [5.41, 5.74) is 2.69. The molecular weight excluding hydrogens is 470 g/mol. The average Bonchev–Trinajstić information content (AvgIpc) is 2.90. The predicted octanol–water partition coefficient (Wildman–Crippen LogP) is 8.52. The Bertz CT molecular complexity index is 865. The van der Waals surface area contributed by atoms with Gasteiger partial charge in [-0.2, -0.15) is 0 Å². The lowest BCUT2D eigenvalue weighted by molar-refractivity contribution is -0.903. The number of carbonyl (C=O) groups excluding carboxylic acids is 1. The number of quaternary nitrogens is 1. The Kier molecular flexibility index (Phi) is 16.5. The van der Waals surface area contributed by atoms with Gasteiger partial charge in [0.05, 0.1) is 40.3 Å². The lowest BCUT2D eigenvalue weighted by Gasteiger charge is -2.29. The standard InChI is InChI=1S/C34H54NO3/c1-4-5-6-7-8-9-10-11-13-20-31-23-18-24-33(29-31)37-27-16-17-28-38-34(36)25-19-26-35(2,3)30-32-21-14-12-15-22-32/h12,14-15,18,21-24,29H,4-11,13,16-17,19-20,25-28,30H2,1-3H3/q+1. The third kappa shape index (κ3) is 15.8. The Morgan fingerprint density at radius 1 is 0.711 bits per heavy atom. The van der Waals surface area contributed by atoms with E-state index in [1.54, 1.807) is 0 Å². The molecule has 0 saturated carbocycles. The largest absolute Gasteiger partial charge is 0.494 e. The van der Waals surface area contributed by atoms with E-state index >= 15 is 0 Å². The summed E-state index contributed by atoms with van der Waals surface area (Å²) in [6.45, 7) is 5.33. The van der Waals surface area contributed by atoms with Crippen LogP contribution in [0.3, 0.4) is 0 Å². The molecule has 0 atom stereocenters. The maximum absolute atomic E-state index is 12.1. The molecular formula is C34H54NO3+. The monoisotopic (exact) mass is 524 g/mol. The van der Waals surface area contributed by atoms with Crippen LogP contribution in [0.25, 0.3) is 0 Å². The summed E-state index contributed by atoms with van der Waals surface area (Å²) in [5.74, 6) is 0.862. The van der Waals surface area contributed by atoms with Gasteiger partial charge in [-0.25, -0.2) is 0 Å². The summed E-state index contributed by atoms with van der Waals surface area (Å²) >= 11 is 0. The molecule has 0 aliphatic rings. The van der Waals surface area contributed by atoms with Gasteiger partial charge in [-0.1, -0.05) is 101 Å². The van der Waals surface area contributed by atoms with Crippen LogP contribution in [0, 0.1) is 0 Å². The highest BCUT2D eigenvalue weighted by Crippen LogP contribution is 2.17. The van der Waals surface area contributed by atoms with Gasteiger partial charge in [0.1, 0.15) is 12.3 Å². The molecule has 0 radical (unpaired) electrons. The Labute approximate surface area is 233 Å². The van der Waals surface area contributed by atoms with Crippen LogP contribution in [0.4, 0.5) is 0 Å². The second-order valence-electron chi connectivity index (χ2n) is 11.4. The van der Waals surface area contributed by atoms with Crippen molar-refractivity contribution >= 4 is 5.97 Å². The van der Waals surface area contributed by atoms with E-state index in [4.69, 9.17) is 9.47 Å². The highest BCUT2D eigenvalue weighted by Gasteiger charge is 2.16. The summed E-state index contributed by atoms with van der Waals surface area (Å²) in [6, 6.07) is 19.0. The zero-order valence-electron chi connectivity index (χ0n) is 24.6. The second-order valence-corrected chi connectivity index (χ2v) is 11.4. The topological polar surface area (TPSA) is 35.5 Å². The smallest absolute Gasteiger partial charge is 0.306 e. The van der Waals surface area contributed by atoms with Gasteiger partial charge in [0.15, 0.2) is 0 Å². The number of nitrogens with zero attached hydrogens (tertiary/aromatic N) is 1. The number of carbonyl (C=O) groups is 1. The summed E-state index contributed by atoms with van der Waals surface area (Å²) in [4.78, 5) is 12.1. The molecule has 212 valence electrons. The van der Waals surface area contributed by atoms with Crippen molar-refractivity contribution < 1.29 is 18.8 Å². The van der Waals surface area contributed by atoms with Crippen molar-refractivity contribution in [2.45, 2.75) is 103 Å². The predicted molar refractivity (Wildman–Crippen MR) is 159 cm³/mol. The molecule has 2 aromatic carbocycles. The van der Waals surface area contributed by atoms with E-state index < -0.39 is 0 Å². The third-order valence-corrected chi connectivity index (χ3v) is 7.14. The van der Waals surface area contributed by atoms with Gasteiger partial charge in [-0.05, 0) is 43.4 Å². The van der Waals surface area contributed by atoms with Gasteiger partial charge >= 0.3 is 5.97 Å². The molecule has 4 heteroatoms. The fourth-order valence-corrected chi connectivity index (χ4v) is 4.89. The minimum Gasteiger partial charge on any atom is -0.494 e. The first-order chi connectivity index (χ1) is 18.5. The maximum Gasteiger partial charge on any atom is 0.306 e. The van der Waals surface area contributed by atoms with Crippen molar-refractivity contribution in [2.24, 2.45) is 0 Å². The molecule has 0 amide bonds. The molecule has 0 aliphatic heterocycles. The number of benzene rings is 2. The van der Waals surface area contributed by atoms with Gasteiger partial charge in [-0.3, -0.25) is 4.79 Å². The molecule has 0 saturated heterocycles. The van der Waals surface area contributed by atoms with E-state index in [1.165, 1.54) is 68.9 Å². The Morgan fingerprint density at radius 2 is 1.37 bits per heavy atom. The fraction of sp³-hybridized carbons (Fsp3) is 0.618. The van der Waals surface area contributed by atoms with Crippen LogP contribution in [0.5, 0.6) is 5.75 Å². The zero-order valence-corrected chi connectivity index (χ0v) is 24.6. The first-order valence-electron chi connectivity index (χ1n) is 15.2. The van der Waals surface area contributed by atoms with Crippen molar-refractivity contribution in [3.63, 3.8) is 0 Å². The molecule has 0 aromatic heterocycles. The van der Waals surface area contributed by atoms with E-state index in [0.29, 0.717) is 19.6 Å². The number of ether oxygens (including phenoxy) is 2. The van der Waals surface area contributed by atoms with Crippen LogP contribution in [0.15, 0.2) is 54.6 Å². The summed E-state index contributed by atoms with van der Waals surface area (Å²) in [6.07, 6.45) is 16.4. The van der Waals surface area contributed by atoms with Gasteiger partial charge in [0.2, 0.25) is 0 Å². The van der Waals surface area contributed by atoms with Crippen molar-refractivity contribution in [1.29, 1.82) is 0 Å². The molecule has 0 bridgehead atoms. The van der Waals surface area contributed by atoms with E-state index in [0.717, 1.165) is 49.0 Å². The summed E-state index contributed by atoms with van der Waals surface area (Å²) in [5, 5.41) is 0. The quantitative estimate of drug-likeness (QED) is 0.0879. The molecule has 2 aromatic rings. The zero-order chi connectivity index (χ0) is 27.3. The SMILES string of the molecule is CCCCCCCCCCCc1cccc(OCCCCOC(=O)CCC[N+](C)(C)Cc2ccccc2)c1. The Morgan fingerprint density at radius 3 is 2.11 bits per heavy atom. The van der Waals surface area contributed by atoms with Crippen LogP contribution >= 0.6 is 0 Å². The Hall–Kier alpha value is -2.33. The van der Waals surface area contributed by atoms with Crippen LogP contribution in [-0.2, 0) is 22.5 Å². The van der Waals surface area contributed by atoms with Crippen molar-refractivity contribution in [3.05, 3.63) is 65.7 Å². The lowest BCUT2D eigenvalue weighted by Crippen LogP contribution is -2.39.